The molecule has 0 aromatic carbocycles. The van der Waals surface area contributed by atoms with Crippen molar-refractivity contribution < 1.29 is 9.84 Å². The molecule has 7 heteroatoms. The molecule has 0 aliphatic carbocycles. The second-order valence-corrected chi connectivity index (χ2v) is 7.32. The molecule has 140 valence electrons. The standard InChI is InChI=1S/C18H31N5O2/c1-15-4-7-21(8-5-15)13-16(24)14-22-9-11-23(12-10-22)18-19-6-3-17(20-18)25-2/h3,6,15-16,24H,4-5,7-14H2,1-2H3/t16-/m1/s1. The Morgan fingerprint density at radius 1 is 1.12 bits per heavy atom. The lowest BCUT2D eigenvalue weighted by atomic mass is 9.99. The summed E-state index contributed by atoms with van der Waals surface area (Å²) in [6, 6.07) is 1.76. The van der Waals surface area contributed by atoms with E-state index < -0.39 is 0 Å². The predicted octanol–water partition coefficient (Wildman–Crippen LogP) is 0.700. The van der Waals surface area contributed by atoms with Crippen LogP contribution in [0.25, 0.3) is 0 Å². The molecule has 2 saturated heterocycles. The van der Waals surface area contributed by atoms with Crippen molar-refractivity contribution in [2.24, 2.45) is 5.92 Å². The number of piperazine rings is 1. The SMILES string of the molecule is COc1ccnc(N2CCN(C[C@H](O)CN3CCC(C)CC3)CC2)n1. The minimum Gasteiger partial charge on any atom is -0.481 e. The summed E-state index contributed by atoms with van der Waals surface area (Å²) in [4.78, 5) is 15.7. The van der Waals surface area contributed by atoms with Crippen molar-refractivity contribution in [3.05, 3.63) is 12.3 Å². The lowest BCUT2D eigenvalue weighted by molar-refractivity contribution is 0.0596. The fourth-order valence-corrected chi connectivity index (χ4v) is 3.63. The first-order chi connectivity index (χ1) is 12.1. The van der Waals surface area contributed by atoms with Crippen LogP contribution in [-0.2, 0) is 0 Å². The Labute approximate surface area is 150 Å². The first-order valence-corrected chi connectivity index (χ1v) is 9.39. The van der Waals surface area contributed by atoms with Crippen molar-refractivity contribution in [1.29, 1.82) is 0 Å². The number of hydrogen-bond acceptors (Lipinski definition) is 7. The molecule has 7 nitrogen and oxygen atoms in total. The average Bonchev–Trinajstić information content (AvgIpc) is 2.64. The van der Waals surface area contributed by atoms with E-state index in [0.717, 1.165) is 64.2 Å². The second-order valence-electron chi connectivity index (χ2n) is 7.32. The Morgan fingerprint density at radius 2 is 1.76 bits per heavy atom. The van der Waals surface area contributed by atoms with Crippen molar-refractivity contribution >= 4 is 5.95 Å². The van der Waals surface area contributed by atoms with Crippen LogP contribution in [0.5, 0.6) is 5.88 Å². The van der Waals surface area contributed by atoms with Gasteiger partial charge in [0.05, 0.1) is 13.2 Å². The minimum atomic E-state index is -0.270. The number of piperidine rings is 1. The van der Waals surface area contributed by atoms with E-state index in [4.69, 9.17) is 4.74 Å². The van der Waals surface area contributed by atoms with E-state index in [1.165, 1.54) is 12.8 Å². The van der Waals surface area contributed by atoms with Gasteiger partial charge in [-0.2, -0.15) is 4.98 Å². The van der Waals surface area contributed by atoms with Crippen molar-refractivity contribution in [2.45, 2.75) is 25.9 Å². The van der Waals surface area contributed by atoms with E-state index in [1.807, 2.05) is 0 Å². The van der Waals surface area contributed by atoms with Gasteiger partial charge in [0.25, 0.3) is 0 Å². The Balaban J connectivity index is 1.41. The molecule has 1 aromatic rings. The number of methoxy groups -OCH3 is 1. The zero-order valence-corrected chi connectivity index (χ0v) is 15.5. The number of likely N-dealkylation sites (tertiary alicyclic amines) is 1. The van der Waals surface area contributed by atoms with Crippen LogP contribution in [0.2, 0.25) is 0 Å². The quantitative estimate of drug-likeness (QED) is 0.811. The Bertz CT molecular complexity index is 528. The van der Waals surface area contributed by atoms with E-state index in [-0.39, 0.29) is 6.10 Å². The maximum absolute atomic E-state index is 10.4. The van der Waals surface area contributed by atoms with Gasteiger partial charge in [0.1, 0.15) is 0 Å². The number of hydrogen-bond donors (Lipinski definition) is 1. The number of nitrogens with zero attached hydrogens (tertiary/aromatic N) is 5. The van der Waals surface area contributed by atoms with E-state index in [2.05, 4.69) is 31.6 Å². The van der Waals surface area contributed by atoms with Gasteiger partial charge in [0.2, 0.25) is 11.8 Å². The van der Waals surface area contributed by atoms with Gasteiger partial charge < -0.3 is 19.6 Å². The first kappa shape index (κ1) is 18.4. The highest BCUT2D eigenvalue weighted by molar-refractivity contribution is 5.32. The van der Waals surface area contributed by atoms with Crippen LogP contribution in [0.3, 0.4) is 0 Å². The van der Waals surface area contributed by atoms with Crippen LogP contribution < -0.4 is 9.64 Å². The molecule has 2 fully saturated rings. The highest BCUT2D eigenvalue weighted by atomic mass is 16.5. The summed E-state index contributed by atoms with van der Waals surface area (Å²) in [6.07, 6.45) is 3.97. The van der Waals surface area contributed by atoms with Crippen molar-refractivity contribution in [1.82, 2.24) is 19.8 Å². The van der Waals surface area contributed by atoms with Gasteiger partial charge in [-0.05, 0) is 31.8 Å². The molecule has 1 atom stereocenters. The molecule has 25 heavy (non-hydrogen) atoms. The van der Waals surface area contributed by atoms with Gasteiger partial charge in [-0.15, -0.1) is 0 Å². The third-order valence-corrected chi connectivity index (χ3v) is 5.30. The van der Waals surface area contributed by atoms with Crippen molar-refractivity contribution in [3.8, 4) is 5.88 Å². The smallest absolute Gasteiger partial charge is 0.228 e. The number of rotatable bonds is 6. The largest absolute Gasteiger partial charge is 0.481 e. The molecule has 0 amide bonds. The monoisotopic (exact) mass is 349 g/mol. The number of β-amino-alcohol motifs (C(OH)–C–C–N with tert-alkyl or cyclic N) is 1. The van der Waals surface area contributed by atoms with Crippen LogP contribution >= 0.6 is 0 Å². The molecule has 0 radical (unpaired) electrons. The maximum atomic E-state index is 10.4. The topological polar surface area (TPSA) is 65.0 Å². The number of ether oxygens (including phenoxy) is 1. The predicted molar refractivity (Wildman–Crippen MR) is 98.1 cm³/mol. The zero-order chi connectivity index (χ0) is 17.6. The molecule has 1 N–H and O–H groups in total. The molecular formula is C18H31N5O2. The Hall–Kier alpha value is -1.44. The summed E-state index contributed by atoms with van der Waals surface area (Å²) in [6.45, 7) is 9.72. The summed E-state index contributed by atoms with van der Waals surface area (Å²) in [5.41, 5.74) is 0. The first-order valence-electron chi connectivity index (χ1n) is 9.39. The molecule has 2 aliphatic heterocycles. The Kier molecular flexibility index (Phi) is 6.45. The molecule has 3 rings (SSSR count). The van der Waals surface area contributed by atoms with Crippen molar-refractivity contribution in [2.75, 3.05) is 64.4 Å². The van der Waals surface area contributed by atoms with Crippen LogP contribution in [0.15, 0.2) is 12.3 Å². The third-order valence-electron chi connectivity index (χ3n) is 5.30. The van der Waals surface area contributed by atoms with Crippen LogP contribution in [0, 0.1) is 5.92 Å². The van der Waals surface area contributed by atoms with E-state index >= 15 is 0 Å². The number of aromatic nitrogens is 2. The molecule has 3 heterocycles. The average molecular weight is 349 g/mol. The van der Waals surface area contributed by atoms with E-state index in [1.54, 1.807) is 19.4 Å². The summed E-state index contributed by atoms with van der Waals surface area (Å²) in [7, 11) is 1.62. The minimum absolute atomic E-state index is 0.270. The van der Waals surface area contributed by atoms with Gasteiger partial charge in [-0.3, -0.25) is 4.90 Å². The van der Waals surface area contributed by atoms with Gasteiger partial charge in [-0.25, -0.2) is 4.98 Å². The lowest BCUT2D eigenvalue weighted by Crippen LogP contribution is -2.50. The molecular weight excluding hydrogens is 318 g/mol. The summed E-state index contributed by atoms with van der Waals surface area (Å²) >= 11 is 0. The number of anilines is 1. The molecule has 1 aromatic heterocycles. The highest BCUT2D eigenvalue weighted by Crippen LogP contribution is 2.17. The molecule has 2 aliphatic rings. The summed E-state index contributed by atoms with van der Waals surface area (Å²) in [5.74, 6) is 2.15. The second kappa shape index (κ2) is 8.78. The van der Waals surface area contributed by atoms with Crippen LogP contribution in [0.4, 0.5) is 5.95 Å². The molecule has 0 bridgehead atoms. The summed E-state index contributed by atoms with van der Waals surface area (Å²) in [5, 5.41) is 10.4. The van der Waals surface area contributed by atoms with E-state index in [0.29, 0.717) is 5.88 Å². The van der Waals surface area contributed by atoms with Crippen LogP contribution in [0.1, 0.15) is 19.8 Å². The normalized spacial score (nSPS) is 22.1. The van der Waals surface area contributed by atoms with Crippen LogP contribution in [-0.4, -0.2) is 90.4 Å². The van der Waals surface area contributed by atoms with Gasteiger partial charge in [0.15, 0.2) is 0 Å². The maximum Gasteiger partial charge on any atom is 0.228 e. The van der Waals surface area contributed by atoms with Gasteiger partial charge in [-0.1, -0.05) is 6.92 Å². The fraction of sp³-hybridized carbons (Fsp3) is 0.778. The number of aliphatic hydroxyl groups excluding tert-OH is 1. The molecule has 0 unspecified atom stereocenters. The lowest BCUT2D eigenvalue weighted by Gasteiger charge is -2.37. The zero-order valence-electron chi connectivity index (χ0n) is 15.5. The van der Waals surface area contributed by atoms with Gasteiger partial charge in [0, 0.05) is 51.5 Å². The summed E-state index contributed by atoms with van der Waals surface area (Å²) < 4.78 is 5.17. The molecule has 0 saturated carbocycles. The fourth-order valence-electron chi connectivity index (χ4n) is 3.63. The highest BCUT2D eigenvalue weighted by Gasteiger charge is 2.23. The molecule has 0 spiro atoms. The van der Waals surface area contributed by atoms with Crippen molar-refractivity contribution in [3.63, 3.8) is 0 Å². The van der Waals surface area contributed by atoms with E-state index in [9.17, 15) is 5.11 Å². The number of aliphatic hydroxyl groups is 1. The third kappa shape index (κ3) is 5.26. The van der Waals surface area contributed by atoms with Gasteiger partial charge >= 0.3 is 0 Å². The Morgan fingerprint density at radius 3 is 2.40 bits per heavy atom.